The highest BCUT2D eigenvalue weighted by molar-refractivity contribution is 7.22. The van der Waals surface area contributed by atoms with Gasteiger partial charge in [-0.25, -0.2) is 9.97 Å². The van der Waals surface area contributed by atoms with Crippen LogP contribution in [0.3, 0.4) is 0 Å². The number of fused-ring (bicyclic) bond motifs is 2. The van der Waals surface area contributed by atoms with Gasteiger partial charge in [0.05, 0.1) is 20.4 Å². The Morgan fingerprint density at radius 3 is 2.18 bits per heavy atom. The fourth-order valence-electron chi connectivity index (χ4n) is 4.00. The predicted molar refractivity (Wildman–Crippen MR) is 123 cm³/mol. The molecule has 0 bridgehead atoms. The lowest BCUT2D eigenvalue weighted by molar-refractivity contribution is 0.651. The summed E-state index contributed by atoms with van der Waals surface area (Å²) in [4.78, 5) is 14.8. The number of nitrogens with zero attached hydrogens (tertiary/aromatic N) is 4. The molecule has 0 N–H and O–H groups in total. The van der Waals surface area contributed by atoms with Gasteiger partial charge in [0.25, 0.3) is 0 Å². The van der Waals surface area contributed by atoms with E-state index in [0.29, 0.717) is 0 Å². The minimum atomic E-state index is 0.994. The Hall–Kier alpha value is -2.18. The normalized spacial score (nSPS) is 15.1. The Morgan fingerprint density at radius 1 is 0.857 bits per heavy atom. The third kappa shape index (κ3) is 3.05. The third-order valence-electron chi connectivity index (χ3n) is 5.51. The summed E-state index contributed by atoms with van der Waals surface area (Å²) in [7, 11) is 0. The molecular formula is C22H24N4S2. The molecule has 144 valence electrons. The zero-order valence-electron chi connectivity index (χ0n) is 16.5. The largest absolute Gasteiger partial charge is 0.345 e. The smallest absolute Gasteiger partial charge is 0.186 e. The number of thiazole rings is 2. The maximum atomic E-state index is 4.97. The fraction of sp³-hybridized carbons (Fsp3) is 0.364. The Balaban J connectivity index is 1.36. The van der Waals surface area contributed by atoms with Crippen LogP contribution < -0.4 is 9.80 Å². The monoisotopic (exact) mass is 408 g/mol. The Kier molecular flexibility index (Phi) is 4.48. The highest BCUT2D eigenvalue weighted by Crippen LogP contribution is 2.34. The standard InChI is InChI=1S/C22H24N4S2/c1-4-16-6-5-7-17-20(16)24-22(27-17)26-10-8-25(9-11-26)21-23-19-15(3)12-14(2)13-18(19)28-21/h5-7,12-13H,4,8-11H2,1-3H3. The Morgan fingerprint density at radius 2 is 1.50 bits per heavy atom. The number of benzene rings is 2. The van der Waals surface area contributed by atoms with Gasteiger partial charge in [-0.15, -0.1) is 0 Å². The van der Waals surface area contributed by atoms with E-state index in [4.69, 9.17) is 9.97 Å². The number of hydrogen-bond donors (Lipinski definition) is 0. The zero-order chi connectivity index (χ0) is 19.3. The van der Waals surface area contributed by atoms with Crippen LogP contribution in [0.5, 0.6) is 0 Å². The number of anilines is 2. The summed E-state index contributed by atoms with van der Waals surface area (Å²) in [5.41, 5.74) is 6.28. The first kappa shape index (κ1) is 17.9. The van der Waals surface area contributed by atoms with Crippen molar-refractivity contribution in [1.82, 2.24) is 9.97 Å². The molecule has 0 aliphatic carbocycles. The molecule has 0 spiro atoms. The average Bonchev–Trinajstić information content (AvgIpc) is 3.32. The molecule has 2 aromatic carbocycles. The molecule has 3 heterocycles. The molecule has 28 heavy (non-hydrogen) atoms. The van der Waals surface area contributed by atoms with Gasteiger partial charge in [0.1, 0.15) is 0 Å². The third-order valence-corrected chi connectivity index (χ3v) is 7.66. The quantitative estimate of drug-likeness (QED) is 0.454. The van der Waals surface area contributed by atoms with E-state index in [1.807, 2.05) is 22.7 Å². The summed E-state index contributed by atoms with van der Waals surface area (Å²) in [5.74, 6) is 0. The lowest BCUT2D eigenvalue weighted by atomic mass is 10.1. The predicted octanol–water partition coefficient (Wildman–Crippen LogP) is 5.41. The van der Waals surface area contributed by atoms with Crippen LogP contribution in [0.15, 0.2) is 30.3 Å². The van der Waals surface area contributed by atoms with Gasteiger partial charge in [-0.3, -0.25) is 0 Å². The van der Waals surface area contributed by atoms with E-state index in [0.717, 1.165) is 48.4 Å². The van der Waals surface area contributed by atoms with E-state index >= 15 is 0 Å². The first-order valence-corrected chi connectivity index (χ1v) is 11.5. The van der Waals surface area contributed by atoms with Crippen LogP contribution in [0.25, 0.3) is 20.4 Å². The van der Waals surface area contributed by atoms with Crippen molar-refractivity contribution in [2.45, 2.75) is 27.2 Å². The maximum Gasteiger partial charge on any atom is 0.186 e. The highest BCUT2D eigenvalue weighted by Gasteiger charge is 2.22. The van der Waals surface area contributed by atoms with Crippen molar-refractivity contribution in [3.63, 3.8) is 0 Å². The van der Waals surface area contributed by atoms with Crippen LogP contribution in [-0.2, 0) is 6.42 Å². The summed E-state index contributed by atoms with van der Waals surface area (Å²) < 4.78 is 2.60. The molecule has 1 fully saturated rings. The summed E-state index contributed by atoms with van der Waals surface area (Å²) in [5, 5.41) is 2.31. The molecule has 1 aliphatic heterocycles. The van der Waals surface area contributed by atoms with Gasteiger partial charge < -0.3 is 9.80 Å². The van der Waals surface area contributed by atoms with E-state index in [1.54, 1.807) is 0 Å². The van der Waals surface area contributed by atoms with E-state index < -0.39 is 0 Å². The molecule has 6 heteroatoms. The van der Waals surface area contributed by atoms with Gasteiger partial charge in [0.15, 0.2) is 10.3 Å². The molecule has 4 aromatic rings. The van der Waals surface area contributed by atoms with Gasteiger partial charge in [-0.1, -0.05) is 47.8 Å². The van der Waals surface area contributed by atoms with Crippen LogP contribution in [0.1, 0.15) is 23.6 Å². The summed E-state index contributed by atoms with van der Waals surface area (Å²) in [6.45, 7) is 10.5. The van der Waals surface area contributed by atoms with E-state index in [9.17, 15) is 0 Å². The van der Waals surface area contributed by atoms with E-state index in [2.05, 4.69) is 60.9 Å². The Labute approximate surface area is 173 Å². The Bertz CT molecular complexity index is 1150. The minimum absolute atomic E-state index is 0.994. The number of aromatic nitrogens is 2. The lowest BCUT2D eigenvalue weighted by Gasteiger charge is -2.34. The molecule has 0 radical (unpaired) electrons. The average molecular weight is 409 g/mol. The van der Waals surface area contributed by atoms with Gasteiger partial charge in [0.2, 0.25) is 0 Å². The number of aryl methyl sites for hydroxylation is 3. The molecule has 0 unspecified atom stereocenters. The van der Waals surface area contributed by atoms with Crippen LogP contribution in [-0.4, -0.2) is 36.1 Å². The van der Waals surface area contributed by atoms with Crippen molar-refractivity contribution in [3.05, 3.63) is 47.0 Å². The van der Waals surface area contributed by atoms with Gasteiger partial charge in [0, 0.05) is 26.2 Å². The molecule has 1 aliphatic rings. The van der Waals surface area contributed by atoms with Crippen molar-refractivity contribution in [1.29, 1.82) is 0 Å². The summed E-state index contributed by atoms with van der Waals surface area (Å²) >= 11 is 3.64. The second kappa shape index (κ2) is 7.01. The lowest BCUT2D eigenvalue weighted by Crippen LogP contribution is -2.46. The minimum Gasteiger partial charge on any atom is -0.345 e. The number of rotatable bonds is 3. The SMILES string of the molecule is CCc1cccc2sc(N3CCN(c4nc5c(C)cc(C)cc5s4)CC3)nc12. The fourth-order valence-corrected chi connectivity index (χ4v) is 6.26. The summed E-state index contributed by atoms with van der Waals surface area (Å²) in [6.07, 6.45) is 1.03. The molecule has 1 saturated heterocycles. The molecule has 0 atom stereocenters. The van der Waals surface area contributed by atoms with Crippen molar-refractivity contribution in [3.8, 4) is 0 Å². The highest BCUT2D eigenvalue weighted by atomic mass is 32.1. The maximum absolute atomic E-state index is 4.97. The summed E-state index contributed by atoms with van der Waals surface area (Å²) in [6, 6.07) is 11.0. The second-order valence-electron chi connectivity index (χ2n) is 7.51. The van der Waals surface area contributed by atoms with Crippen molar-refractivity contribution in [2.75, 3.05) is 36.0 Å². The molecular weight excluding hydrogens is 384 g/mol. The first-order valence-electron chi connectivity index (χ1n) is 9.88. The molecule has 0 amide bonds. The molecule has 0 saturated carbocycles. The number of piperazine rings is 1. The molecule has 5 rings (SSSR count). The van der Waals surface area contributed by atoms with Gasteiger partial charge in [-0.2, -0.15) is 0 Å². The molecule has 4 nitrogen and oxygen atoms in total. The van der Waals surface area contributed by atoms with E-state index in [-0.39, 0.29) is 0 Å². The number of para-hydroxylation sites is 1. The first-order chi connectivity index (χ1) is 13.6. The van der Waals surface area contributed by atoms with Crippen LogP contribution in [0, 0.1) is 13.8 Å². The van der Waals surface area contributed by atoms with Crippen molar-refractivity contribution in [2.24, 2.45) is 0 Å². The van der Waals surface area contributed by atoms with Crippen LogP contribution in [0.4, 0.5) is 10.3 Å². The van der Waals surface area contributed by atoms with Crippen molar-refractivity contribution >= 4 is 53.4 Å². The van der Waals surface area contributed by atoms with Gasteiger partial charge >= 0.3 is 0 Å². The molecule has 2 aromatic heterocycles. The van der Waals surface area contributed by atoms with Gasteiger partial charge in [-0.05, 0) is 49.1 Å². The zero-order valence-corrected chi connectivity index (χ0v) is 18.2. The second-order valence-corrected chi connectivity index (χ2v) is 9.53. The van der Waals surface area contributed by atoms with Crippen LogP contribution in [0.2, 0.25) is 0 Å². The van der Waals surface area contributed by atoms with Crippen LogP contribution >= 0.6 is 22.7 Å². The van der Waals surface area contributed by atoms with Crippen molar-refractivity contribution < 1.29 is 0 Å². The van der Waals surface area contributed by atoms with E-state index in [1.165, 1.54) is 31.6 Å². The topological polar surface area (TPSA) is 32.3 Å². The number of hydrogen-bond acceptors (Lipinski definition) is 6.